The van der Waals surface area contributed by atoms with Crippen LogP contribution in [0.1, 0.15) is 13.3 Å². The molecule has 7 heteroatoms. The van der Waals surface area contributed by atoms with Gasteiger partial charge in [-0.3, -0.25) is 9.59 Å². The molecule has 0 bridgehead atoms. The van der Waals surface area contributed by atoms with Gasteiger partial charge >= 0.3 is 0 Å². The van der Waals surface area contributed by atoms with Crippen LogP contribution >= 0.6 is 0 Å². The fraction of sp³-hybridized carbons (Fsp3) is 0.174. The van der Waals surface area contributed by atoms with E-state index in [9.17, 15) is 9.59 Å². The summed E-state index contributed by atoms with van der Waals surface area (Å²) in [6, 6.07) is 20.5. The number of ether oxygens (including phenoxy) is 2. The van der Waals surface area contributed by atoms with Gasteiger partial charge in [-0.15, -0.1) is 0 Å². The van der Waals surface area contributed by atoms with Crippen LogP contribution in [-0.2, 0) is 9.59 Å². The van der Waals surface area contributed by atoms with Gasteiger partial charge in [0.25, 0.3) is 5.91 Å². The first-order valence-electron chi connectivity index (χ1n) is 9.41. The second kappa shape index (κ2) is 10.1. The number of hydrogen-bond donors (Lipinski definition) is 2. The fourth-order valence-corrected chi connectivity index (χ4v) is 2.83. The molecule has 0 aliphatic rings. The standard InChI is InChI=1S/C23H23N3O4/c1-16(13-22(27)24-18-9-6-10-19(14-18)29-2)25-26-23(28)15-30-21-12-5-8-17-7-3-4-11-20(17)21/h3-12,14H,13,15H2,1-2H3,(H,24,27)(H,26,28). The molecule has 0 aliphatic carbocycles. The number of benzene rings is 3. The number of nitrogens with zero attached hydrogens (tertiary/aromatic N) is 1. The van der Waals surface area contributed by atoms with Crippen LogP contribution in [0.3, 0.4) is 0 Å². The number of rotatable bonds is 8. The number of fused-ring (bicyclic) bond motifs is 1. The summed E-state index contributed by atoms with van der Waals surface area (Å²) >= 11 is 0. The molecule has 0 unspecified atom stereocenters. The molecule has 0 saturated carbocycles. The molecule has 0 saturated heterocycles. The van der Waals surface area contributed by atoms with Gasteiger partial charge in [-0.05, 0) is 30.5 Å². The monoisotopic (exact) mass is 405 g/mol. The Labute approximate surface area is 174 Å². The topological polar surface area (TPSA) is 89.0 Å². The van der Waals surface area contributed by atoms with E-state index in [-0.39, 0.29) is 18.9 Å². The van der Waals surface area contributed by atoms with E-state index in [1.807, 2.05) is 42.5 Å². The van der Waals surface area contributed by atoms with E-state index in [4.69, 9.17) is 9.47 Å². The van der Waals surface area contributed by atoms with Crippen LogP contribution in [-0.4, -0.2) is 31.2 Å². The van der Waals surface area contributed by atoms with Crippen molar-refractivity contribution in [3.8, 4) is 11.5 Å². The lowest BCUT2D eigenvalue weighted by atomic mass is 10.1. The minimum Gasteiger partial charge on any atom is -0.497 e. The minimum atomic E-state index is -0.407. The second-order valence-corrected chi connectivity index (χ2v) is 6.60. The number of anilines is 1. The van der Waals surface area contributed by atoms with E-state index in [2.05, 4.69) is 15.8 Å². The number of methoxy groups -OCH3 is 1. The maximum atomic E-state index is 12.1. The van der Waals surface area contributed by atoms with Gasteiger partial charge in [0.15, 0.2) is 6.61 Å². The molecule has 0 spiro atoms. The van der Waals surface area contributed by atoms with Crippen molar-refractivity contribution in [2.45, 2.75) is 13.3 Å². The van der Waals surface area contributed by atoms with Gasteiger partial charge in [-0.2, -0.15) is 5.10 Å². The van der Waals surface area contributed by atoms with Crippen molar-refractivity contribution in [2.75, 3.05) is 19.0 Å². The summed E-state index contributed by atoms with van der Waals surface area (Å²) in [7, 11) is 1.56. The van der Waals surface area contributed by atoms with Crippen molar-refractivity contribution in [1.29, 1.82) is 0 Å². The maximum Gasteiger partial charge on any atom is 0.277 e. The molecule has 0 heterocycles. The van der Waals surface area contributed by atoms with E-state index >= 15 is 0 Å². The molecule has 0 fully saturated rings. The molecule has 30 heavy (non-hydrogen) atoms. The maximum absolute atomic E-state index is 12.1. The lowest BCUT2D eigenvalue weighted by Gasteiger charge is -2.09. The van der Waals surface area contributed by atoms with Crippen molar-refractivity contribution < 1.29 is 19.1 Å². The van der Waals surface area contributed by atoms with Crippen molar-refractivity contribution in [3.63, 3.8) is 0 Å². The number of carbonyl (C=O) groups excluding carboxylic acids is 2. The van der Waals surface area contributed by atoms with Crippen molar-refractivity contribution in [1.82, 2.24) is 5.43 Å². The van der Waals surface area contributed by atoms with Gasteiger partial charge in [0.1, 0.15) is 11.5 Å². The number of hydrogen-bond acceptors (Lipinski definition) is 5. The van der Waals surface area contributed by atoms with Crippen molar-refractivity contribution in [3.05, 3.63) is 66.7 Å². The van der Waals surface area contributed by atoms with Crippen LogP contribution in [0.25, 0.3) is 10.8 Å². The molecule has 0 aliphatic heterocycles. The van der Waals surface area contributed by atoms with Crippen LogP contribution in [0.15, 0.2) is 71.8 Å². The normalized spacial score (nSPS) is 11.1. The van der Waals surface area contributed by atoms with E-state index < -0.39 is 5.91 Å². The zero-order valence-electron chi connectivity index (χ0n) is 16.8. The van der Waals surface area contributed by atoms with Gasteiger partial charge < -0.3 is 14.8 Å². The van der Waals surface area contributed by atoms with E-state index in [0.717, 1.165) is 10.8 Å². The highest BCUT2D eigenvalue weighted by molar-refractivity contribution is 6.05. The Balaban J connectivity index is 1.48. The number of nitrogens with one attached hydrogen (secondary N) is 2. The predicted molar refractivity (Wildman–Crippen MR) is 117 cm³/mol. The quantitative estimate of drug-likeness (QED) is 0.441. The van der Waals surface area contributed by atoms with E-state index in [1.165, 1.54) is 0 Å². The third-order valence-electron chi connectivity index (χ3n) is 4.25. The molecule has 7 nitrogen and oxygen atoms in total. The first kappa shape index (κ1) is 20.9. The largest absolute Gasteiger partial charge is 0.497 e. The van der Waals surface area contributed by atoms with Gasteiger partial charge in [0.05, 0.1) is 13.5 Å². The Morgan fingerprint density at radius 2 is 1.73 bits per heavy atom. The van der Waals surface area contributed by atoms with Crippen LogP contribution in [0.2, 0.25) is 0 Å². The Morgan fingerprint density at radius 3 is 2.57 bits per heavy atom. The lowest BCUT2D eigenvalue weighted by Crippen LogP contribution is -2.26. The van der Waals surface area contributed by atoms with Gasteiger partial charge in [-0.25, -0.2) is 5.43 Å². The third-order valence-corrected chi connectivity index (χ3v) is 4.25. The third kappa shape index (κ3) is 5.81. The summed E-state index contributed by atoms with van der Waals surface area (Å²) in [6.07, 6.45) is 0.0433. The SMILES string of the molecule is COc1cccc(NC(=O)CC(C)=NNC(=O)COc2cccc3ccccc23)c1. The Morgan fingerprint density at radius 1 is 0.967 bits per heavy atom. The summed E-state index contributed by atoms with van der Waals surface area (Å²) in [6.45, 7) is 1.48. The molecule has 3 rings (SSSR count). The van der Waals surface area contributed by atoms with Gasteiger partial charge in [0.2, 0.25) is 5.91 Å². The van der Waals surface area contributed by atoms with Crippen LogP contribution < -0.4 is 20.2 Å². The predicted octanol–water partition coefficient (Wildman–Crippen LogP) is 3.75. The van der Waals surface area contributed by atoms with E-state index in [0.29, 0.717) is 22.9 Å². The summed E-state index contributed by atoms with van der Waals surface area (Å²) in [5.74, 6) is 0.625. The summed E-state index contributed by atoms with van der Waals surface area (Å²) < 4.78 is 10.7. The number of amides is 2. The molecule has 0 radical (unpaired) electrons. The smallest absolute Gasteiger partial charge is 0.277 e. The highest BCUT2D eigenvalue weighted by Crippen LogP contribution is 2.24. The lowest BCUT2D eigenvalue weighted by molar-refractivity contribution is -0.123. The molecule has 2 N–H and O–H groups in total. The molecular weight excluding hydrogens is 382 g/mol. The highest BCUT2D eigenvalue weighted by Gasteiger charge is 2.08. The second-order valence-electron chi connectivity index (χ2n) is 6.60. The summed E-state index contributed by atoms with van der Waals surface area (Å²) in [5, 5.41) is 8.69. The fourth-order valence-electron chi connectivity index (χ4n) is 2.83. The Kier molecular flexibility index (Phi) is 7.00. The number of carbonyl (C=O) groups is 2. The van der Waals surface area contributed by atoms with Gasteiger partial charge in [0, 0.05) is 22.9 Å². The molecule has 0 atom stereocenters. The van der Waals surface area contributed by atoms with E-state index in [1.54, 1.807) is 38.3 Å². The highest BCUT2D eigenvalue weighted by atomic mass is 16.5. The first-order valence-corrected chi connectivity index (χ1v) is 9.41. The van der Waals surface area contributed by atoms with Crippen molar-refractivity contribution in [2.24, 2.45) is 5.10 Å². The zero-order valence-corrected chi connectivity index (χ0v) is 16.8. The molecular formula is C23H23N3O4. The number of hydrazone groups is 1. The van der Waals surface area contributed by atoms with Gasteiger partial charge in [-0.1, -0.05) is 42.5 Å². The summed E-state index contributed by atoms with van der Waals surface area (Å²) in [4.78, 5) is 24.2. The molecule has 154 valence electrons. The van der Waals surface area contributed by atoms with Crippen molar-refractivity contribution >= 4 is 34.0 Å². The molecule has 0 aromatic heterocycles. The zero-order chi connectivity index (χ0) is 21.3. The van der Waals surface area contributed by atoms with Crippen LogP contribution in [0.4, 0.5) is 5.69 Å². The molecule has 2 amide bonds. The minimum absolute atomic E-state index is 0.0433. The average molecular weight is 405 g/mol. The first-order chi connectivity index (χ1) is 14.5. The average Bonchev–Trinajstić information content (AvgIpc) is 2.76. The molecule has 3 aromatic rings. The van der Waals surface area contributed by atoms with Crippen LogP contribution in [0.5, 0.6) is 11.5 Å². The molecule has 3 aromatic carbocycles. The summed E-state index contributed by atoms with van der Waals surface area (Å²) in [5.41, 5.74) is 3.50. The Bertz CT molecular complexity index is 1070. The van der Waals surface area contributed by atoms with Crippen LogP contribution in [0, 0.1) is 0 Å². The Hall–Kier alpha value is -3.87.